The Balaban J connectivity index is 2.91. The molecule has 0 fully saturated rings. The van der Waals surface area contributed by atoms with Gasteiger partial charge in [-0.2, -0.15) is 0 Å². The van der Waals surface area contributed by atoms with Crippen LogP contribution in [0, 0.1) is 0 Å². The van der Waals surface area contributed by atoms with Gasteiger partial charge >= 0.3 is 0 Å². The van der Waals surface area contributed by atoms with E-state index < -0.39 is 9.84 Å². The lowest BCUT2D eigenvalue weighted by Gasteiger charge is -2.17. The van der Waals surface area contributed by atoms with Crippen LogP contribution in [0.2, 0.25) is 0 Å². The minimum absolute atomic E-state index is 0.120. The molecule has 0 radical (unpaired) electrons. The fourth-order valence-electron chi connectivity index (χ4n) is 1.73. The molecule has 4 N–H and O–H groups in total. The number of nitrogens with two attached hydrogens (primary N) is 1. The summed E-state index contributed by atoms with van der Waals surface area (Å²) in [6, 6.07) is 5.02. The maximum absolute atomic E-state index is 11.5. The largest absolute Gasteiger partial charge is 0.396 e. The second-order valence-electron chi connectivity index (χ2n) is 4.40. The van der Waals surface area contributed by atoms with Crippen molar-refractivity contribution in [1.82, 2.24) is 0 Å². The maximum atomic E-state index is 11.5. The number of nitrogens with one attached hydrogen (secondary N) is 1. The van der Waals surface area contributed by atoms with Crippen LogP contribution in [0.4, 0.5) is 11.4 Å². The Kier molecular flexibility index (Phi) is 4.98. The molecule has 0 bridgehead atoms. The van der Waals surface area contributed by atoms with Gasteiger partial charge in [-0.25, -0.2) is 8.42 Å². The number of sulfone groups is 1. The monoisotopic (exact) mass is 272 g/mol. The number of nitrogen functional groups attached to an aromatic ring is 1. The molecular weight excluding hydrogens is 252 g/mol. The third kappa shape index (κ3) is 3.89. The molecule has 0 amide bonds. The van der Waals surface area contributed by atoms with Crippen molar-refractivity contribution in [3.63, 3.8) is 0 Å². The van der Waals surface area contributed by atoms with Gasteiger partial charge in [-0.3, -0.25) is 0 Å². The first-order valence-electron chi connectivity index (χ1n) is 5.82. The molecule has 0 aliphatic carbocycles. The lowest BCUT2D eigenvalue weighted by Crippen LogP contribution is -2.17. The van der Waals surface area contributed by atoms with E-state index in [1.54, 1.807) is 12.1 Å². The molecule has 102 valence electrons. The van der Waals surface area contributed by atoms with E-state index in [0.717, 1.165) is 12.7 Å². The van der Waals surface area contributed by atoms with E-state index in [-0.39, 0.29) is 23.2 Å². The third-order valence-electron chi connectivity index (χ3n) is 2.66. The number of hydrogen-bond acceptors (Lipinski definition) is 5. The summed E-state index contributed by atoms with van der Waals surface area (Å²) in [6.45, 7) is 2.10. The summed E-state index contributed by atoms with van der Waals surface area (Å²) in [4.78, 5) is 0.141. The summed E-state index contributed by atoms with van der Waals surface area (Å²) in [5, 5.41) is 11.9. The number of rotatable bonds is 6. The first-order valence-corrected chi connectivity index (χ1v) is 7.71. The minimum atomic E-state index is -3.31. The Morgan fingerprint density at radius 1 is 1.44 bits per heavy atom. The molecular formula is C12H20N2O3S. The van der Waals surface area contributed by atoms with Crippen molar-refractivity contribution < 1.29 is 13.5 Å². The maximum Gasteiger partial charge on any atom is 0.177 e. The van der Waals surface area contributed by atoms with Crippen LogP contribution in [0.15, 0.2) is 23.1 Å². The summed E-state index contributed by atoms with van der Waals surface area (Å²) in [7, 11) is -3.31. The van der Waals surface area contributed by atoms with Crippen molar-refractivity contribution in [3.05, 3.63) is 18.2 Å². The molecule has 6 heteroatoms. The summed E-state index contributed by atoms with van der Waals surface area (Å²) >= 11 is 0. The van der Waals surface area contributed by atoms with E-state index in [0.29, 0.717) is 12.1 Å². The van der Waals surface area contributed by atoms with E-state index in [1.807, 2.05) is 6.92 Å². The van der Waals surface area contributed by atoms with Crippen LogP contribution in [-0.4, -0.2) is 32.4 Å². The van der Waals surface area contributed by atoms with Gasteiger partial charge < -0.3 is 16.2 Å². The molecule has 0 aliphatic rings. The van der Waals surface area contributed by atoms with Gasteiger partial charge in [0.15, 0.2) is 9.84 Å². The molecule has 5 nitrogen and oxygen atoms in total. The van der Waals surface area contributed by atoms with Crippen LogP contribution in [0.1, 0.15) is 19.8 Å². The number of aliphatic hydroxyl groups is 1. The Bertz CT molecular complexity index is 500. The summed E-state index contributed by atoms with van der Waals surface area (Å²) < 4.78 is 23.0. The Morgan fingerprint density at radius 3 is 2.67 bits per heavy atom. The second kappa shape index (κ2) is 6.06. The topological polar surface area (TPSA) is 92.4 Å². The van der Waals surface area contributed by atoms with Crippen molar-refractivity contribution >= 4 is 21.2 Å². The van der Waals surface area contributed by atoms with Crippen LogP contribution in [0.3, 0.4) is 0 Å². The molecule has 0 aromatic heterocycles. The number of aliphatic hydroxyl groups excluding tert-OH is 1. The quantitative estimate of drug-likeness (QED) is 0.678. The molecule has 1 atom stereocenters. The van der Waals surface area contributed by atoms with Gasteiger partial charge in [-0.1, -0.05) is 6.07 Å². The lowest BCUT2D eigenvalue weighted by atomic mass is 10.1. The van der Waals surface area contributed by atoms with Gasteiger partial charge in [-0.15, -0.1) is 0 Å². The van der Waals surface area contributed by atoms with Gasteiger partial charge in [0, 0.05) is 18.9 Å². The molecule has 1 rings (SSSR count). The zero-order chi connectivity index (χ0) is 13.8. The molecule has 0 saturated heterocycles. The predicted octanol–water partition coefficient (Wildman–Crippen LogP) is 1.25. The van der Waals surface area contributed by atoms with E-state index in [2.05, 4.69) is 5.32 Å². The molecule has 1 unspecified atom stereocenters. The average Bonchev–Trinajstić information content (AvgIpc) is 2.27. The van der Waals surface area contributed by atoms with Gasteiger partial charge in [0.2, 0.25) is 0 Å². The van der Waals surface area contributed by atoms with Gasteiger partial charge in [0.25, 0.3) is 0 Å². The summed E-state index contributed by atoms with van der Waals surface area (Å²) in [6.07, 6.45) is 2.62. The van der Waals surface area contributed by atoms with Gasteiger partial charge in [0.05, 0.1) is 16.3 Å². The van der Waals surface area contributed by atoms with E-state index in [4.69, 9.17) is 10.8 Å². The van der Waals surface area contributed by atoms with Gasteiger partial charge in [-0.05, 0) is 31.9 Å². The fourth-order valence-corrected chi connectivity index (χ4v) is 2.56. The van der Waals surface area contributed by atoms with Crippen molar-refractivity contribution in [1.29, 1.82) is 0 Å². The number of hydrogen-bond donors (Lipinski definition) is 3. The zero-order valence-electron chi connectivity index (χ0n) is 10.7. The predicted molar refractivity (Wildman–Crippen MR) is 73.4 cm³/mol. The fraction of sp³-hybridized carbons (Fsp3) is 0.500. The van der Waals surface area contributed by atoms with E-state index >= 15 is 0 Å². The number of para-hydroxylation sites is 1. The average molecular weight is 272 g/mol. The second-order valence-corrected chi connectivity index (χ2v) is 6.38. The van der Waals surface area contributed by atoms with Crippen LogP contribution in [-0.2, 0) is 9.84 Å². The zero-order valence-corrected chi connectivity index (χ0v) is 11.5. The van der Waals surface area contributed by atoms with Crippen LogP contribution < -0.4 is 11.1 Å². The molecule has 0 spiro atoms. The standard InChI is InChI=1S/C12H20N2O3S/c1-9(5-4-8-15)14-10-6-3-7-11(12(10)13)18(2,16)17/h3,6-7,9,14-15H,4-5,8,13H2,1-2H3. The number of benzene rings is 1. The third-order valence-corrected chi connectivity index (χ3v) is 3.82. The van der Waals surface area contributed by atoms with Crippen LogP contribution >= 0.6 is 0 Å². The Labute approximate surface area is 108 Å². The van der Waals surface area contributed by atoms with Crippen LogP contribution in [0.25, 0.3) is 0 Å². The highest BCUT2D eigenvalue weighted by Gasteiger charge is 2.14. The normalized spacial score (nSPS) is 13.3. The highest BCUT2D eigenvalue weighted by molar-refractivity contribution is 7.90. The van der Waals surface area contributed by atoms with Crippen molar-refractivity contribution in [3.8, 4) is 0 Å². The highest BCUT2D eigenvalue weighted by atomic mass is 32.2. The molecule has 0 heterocycles. The first kappa shape index (κ1) is 14.8. The summed E-state index contributed by atoms with van der Waals surface area (Å²) in [5.41, 5.74) is 6.72. The SMILES string of the molecule is CC(CCCO)Nc1cccc(S(C)(=O)=O)c1N. The minimum Gasteiger partial charge on any atom is -0.396 e. The Hall–Kier alpha value is -1.27. The smallest absolute Gasteiger partial charge is 0.177 e. The van der Waals surface area contributed by atoms with Gasteiger partial charge in [0.1, 0.15) is 0 Å². The first-order chi connectivity index (χ1) is 8.36. The number of anilines is 2. The molecule has 18 heavy (non-hydrogen) atoms. The van der Waals surface area contributed by atoms with Crippen LogP contribution in [0.5, 0.6) is 0 Å². The summed E-state index contributed by atoms with van der Waals surface area (Å²) in [5.74, 6) is 0. The van der Waals surface area contributed by atoms with Crippen molar-refractivity contribution in [2.24, 2.45) is 0 Å². The highest BCUT2D eigenvalue weighted by Crippen LogP contribution is 2.27. The molecule has 1 aromatic carbocycles. The Morgan fingerprint density at radius 2 is 2.11 bits per heavy atom. The van der Waals surface area contributed by atoms with E-state index in [1.165, 1.54) is 6.07 Å². The van der Waals surface area contributed by atoms with Crippen molar-refractivity contribution in [2.75, 3.05) is 23.9 Å². The lowest BCUT2D eigenvalue weighted by molar-refractivity contribution is 0.282. The molecule has 0 saturated carbocycles. The molecule has 0 aliphatic heterocycles. The molecule has 1 aromatic rings. The van der Waals surface area contributed by atoms with Crippen molar-refractivity contribution in [2.45, 2.75) is 30.7 Å². The van der Waals surface area contributed by atoms with E-state index in [9.17, 15) is 8.42 Å².